The fourth-order valence-electron chi connectivity index (χ4n) is 8.03. The van der Waals surface area contributed by atoms with Crippen LogP contribution in [0.4, 0.5) is 0 Å². The predicted octanol–water partition coefficient (Wildman–Crippen LogP) is 8.15. The van der Waals surface area contributed by atoms with Crippen LogP contribution in [-0.4, -0.2) is 0 Å². The lowest BCUT2D eigenvalue weighted by atomic mass is 9.56. The van der Waals surface area contributed by atoms with Gasteiger partial charge in [0.05, 0.1) is 0 Å². The molecule has 0 N–H and O–H groups in total. The molecule has 4 unspecified atom stereocenters. The van der Waals surface area contributed by atoms with Crippen molar-refractivity contribution in [2.45, 2.75) is 123 Å². The van der Waals surface area contributed by atoms with Crippen molar-refractivity contribution in [3.8, 4) is 0 Å². The lowest BCUT2D eigenvalue weighted by molar-refractivity contribution is 0.00662. The first-order valence-electron chi connectivity index (χ1n) is 12.1. The van der Waals surface area contributed by atoms with Crippen molar-refractivity contribution in [3.63, 3.8) is 0 Å². The molecule has 4 fully saturated rings. The molecule has 144 valence electrons. The molecule has 0 aromatic rings. The average Bonchev–Trinajstić information content (AvgIpc) is 3.13. The number of hydrogen-bond donors (Lipinski definition) is 0. The van der Waals surface area contributed by atoms with Gasteiger partial charge in [-0.05, 0) is 73.0 Å². The van der Waals surface area contributed by atoms with E-state index < -0.39 is 0 Å². The van der Waals surface area contributed by atoms with Crippen LogP contribution in [0.1, 0.15) is 123 Å². The normalized spacial score (nSPS) is 43.0. The second kappa shape index (κ2) is 7.55. The van der Waals surface area contributed by atoms with Crippen molar-refractivity contribution < 1.29 is 0 Å². The van der Waals surface area contributed by atoms with E-state index in [9.17, 15) is 0 Å². The van der Waals surface area contributed by atoms with E-state index in [0.717, 1.165) is 23.7 Å². The minimum absolute atomic E-state index is 0.669. The van der Waals surface area contributed by atoms with Gasteiger partial charge in [-0.15, -0.1) is 0 Å². The zero-order valence-corrected chi connectivity index (χ0v) is 17.3. The first-order valence-corrected chi connectivity index (χ1v) is 12.1. The quantitative estimate of drug-likeness (QED) is 0.456. The smallest absolute Gasteiger partial charge is 0.0241 e. The van der Waals surface area contributed by atoms with Gasteiger partial charge < -0.3 is 0 Å². The molecular weight excluding hydrogens is 300 g/mol. The standard InChI is InChI=1S/C25H44/c1-24-17-16-22(19-24)23(14-13-20-9-5-3-6-10-20)25(24,2)18-15-21-11-7-4-8-12-21/h20-23H,3-19H2,1-2H3. The van der Waals surface area contributed by atoms with Crippen LogP contribution in [0.5, 0.6) is 0 Å². The van der Waals surface area contributed by atoms with E-state index >= 15 is 0 Å². The van der Waals surface area contributed by atoms with Crippen molar-refractivity contribution in [1.29, 1.82) is 0 Å². The van der Waals surface area contributed by atoms with E-state index in [1.54, 1.807) is 70.6 Å². The van der Waals surface area contributed by atoms with Gasteiger partial charge in [0.2, 0.25) is 0 Å². The molecule has 0 radical (unpaired) electrons. The van der Waals surface area contributed by atoms with Gasteiger partial charge in [-0.3, -0.25) is 0 Å². The summed E-state index contributed by atoms with van der Waals surface area (Å²) >= 11 is 0. The summed E-state index contributed by atoms with van der Waals surface area (Å²) in [7, 11) is 0. The molecule has 0 heteroatoms. The zero-order valence-electron chi connectivity index (χ0n) is 17.3. The van der Waals surface area contributed by atoms with Crippen LogP contribution in [0.3, 0.4) is 0 Å². The molecule has 0 nitrogen and oxygen atoms in total. The molecule has 0 amide bonds. The molecule has 0 spiro atoms. The molecule has 4 saturated carbocycles. The second-order valence-electron chi connectivity index (χ2n) is 11.2. The van der Waals surface area contributed by atoms with E-state index in [2.05, 4.69) is 13.8 Å². The molecule has 4 aliphatic rings. The first kappa shape index (κ1) is 18.4. The van der Waals surface area contributed by atoms with Crippen molar-refractivity contribution in [1.82, 2.24) is 0 Å². The molecule has 4 aliphatic carbocycles. The van der Waals surface area contributed by atoms with Crippen LogP contribution >= 0.6 is 0 Å². The van der Waals surface area contributed by atoms with Crippen LogP contribution in [0.2, 0.25) is 0 Å². The molecule has 4 rings (SSSR count). The summed E-state index contributed by atoms with van der Waals surface area (Å²) < 4.78 is 0. The zero-order chi connectivity index (χ0) is 17.3. The molecule has 0 aliphatic heterocycles. The molecule has 0 aromatic heterocycles. The Morgan fingerprint density at radius 2 is 1.28 bits per heavy atom. The van der Waals surface area contributed by atoms with Gasteiger partial charge >= 0.3 is 0 Å². The lowest BCUT2D eigenvalue weighted by Gasteiger charge is -2.49. The topological polar surface area (TPSA) is 0 Å². The number of rotatable bonds is 6. The van der Waals surface area contributed by atoms with Crippen LogP contribution in [0.15, 0.2) is 0 Å². The average molecular weight is 345 g/mol. The summed E-state index contributed by atoms with van der Waals surface area (Å²) in [6, 6.07) is 0. The van der Waals surface area contributed by atoms with E-state index in [4.69, 9.17) is 0 Å². The Morgan fingerprint density at radius 1 is 0.680 bits per heavy atom. The Hall–Kier alpha value is 0. The molecule has 4 atom stereocenters. The van der Waals surface area contributed by atoms with Crippen LogP contribution < -0.4 is 0 Å². The Balaban J connectivity index is 1.38. The molecule has 25 heavy (non-hydrogen) atoms. The Labute approximate surface area is 157 Å². The molecule has 0 aromatic carbocycles. The van der Waals surface area contributed by atoms with Crippen molar-refractivity contribution in [2.75, 3.05) is 0 Å². The summed E-state index contributed by atoms with van der Waals surface area (Å²) in [5.74, 6) is 4.32. The van der Waals surface area contributed by atoms with E-state index in [0.29, 0.717) is 10.8 Å². The van der Waals surface area contributed by atoms with E-state index in [1.807, 2.05) is 0 Å². The summed E-state index contributed by atoms with van der Waals surface area (Å²) in [5, 5.41) is 0. The lowest BCUT2D eigenvalue weighted by Crippen LogP contribution is -2.40. The third kappa shape index (κ3) is 3.58. The monoisotopic (exact) mass is 344 g/mol. The van der Waals surface area contributed by atoms with Gasteiger partial charge in [0, 0.05) is 0 Å². The molecule has 0 saturated heterocycles. The largest absolute Gasteiger partial charge is 0.0591 e. The Morgan fingerprint density at radius 3 is 1.92 bits per heavy atom. The van der Waals surface area contributed by atoms with Crippen molar-refractivity contribution >= 4 is 0 Å². The highest BCUT2D eigenvalue weighted by Gasteiger charge is 2.61. The number of hydrogen-bond acceptors (Lipinski definition) is 0. The summed E-state index contributed by atoms with van der Waals surface area (Å²) in [5.41, 5.74) is 1.35. The Kier molecular flexibility index (Phi) is 5.55. The van der Waals surface area contributed by atoms with Crippen LogP contribution in [0, 0.1) is 34.5 Å². The van der Waals surface area contributed by atoms with Crippen LogP contribution in [-0.2, 0) is 0 Å². The second-order valence-corrected chi connectivity index (χ2v) is 11.2. The SMILES string of the molecule is CC12CCC(C1)C(CCC1CCCCC1)C2(C)CCC1CCCCC1. The fraction of sp³-hybridized carbons (Fsp3) is 1.00. The van der Waals surface area contributed by atoms with Gasteiger partial charge in [-0.2, -0.15) is 0 Å². The fourth-order valence-corrected chi connectivity index (χ4v) is 8.03. The molecule has 2 bridgehead atoms. The van der Waals surface area contributed by atoms with Gasteiger partial charge in [0.1, 0.15) is 0 Å². The van der Waals surface area contributed by atoms with Gasteiger partial charge in [-0.1, -0.05) is 84.5 Å². The molecule has 0 heterocycles. The summed E-state index contributed by atoms with van der Waals surface area (Å²) in [6.45, 7) is 5.44. The summed E-state index contributed by atoms with van der Waals surface area (Å²) in [6.07, 6.45) is 26.2. The highest BCUT2D eigenvalue weighted by atomic mass is 14.7. The van der Waals surface area contributed by atoms with Gasteiger partial charge in [-0.25, -0.2) is 0 Å². The minimum Gasteiger partial charge on any atom is -0.0591 e. The third-order valence-electron chi connectivity index (χ3n) is 9.95. The van der Waals surface area contributed by atoms with E-state index in [1.165, 1.54) is 38.5 Å². The number of fused-ring (bicyclic) bond motifs is 2. The molecular formula is C25H44. The van der Waals surface area contributed by atoms with E-state index in [-0.39, 0.29) is 0 Å². The minimum atomic E-state index is 0.669. The maximum Gasteiger partial charge on any atom is -0.0241 e. The van der Waals surface area contributed by atoms with Crippen molar-refractivity contribution in [2.24, 2.45) is 34.5 Å². The van der Waals surface area contributed by atoms with Crippen LogP contribution in [0.25, 0.3) is 0 Å². The maximum atomic E-state index is 2.75. The predicted molar refractivity (Wildman–Crippen MR) is 109 cm³/mol. The van der Waals surface area contributed by atoms with Crippen molar-refractivity contribution in [3.05, 3.63) is 0 Å². The first-order chi connectivity index (χ1) is 12.1. The highest BCUT2D eigenvalue weighted by molar-refractivity contribution is 5.10. The van der Waals surface area contributed by atoms with Gasteiger partial charge in [0.15, 0.2) is 0 Å². The highest BCUT2D eigenvalue weighted by Crippen LogP contribution is 2.70. The van der Waals surface area contributed by atoms with Gasteiger partial charge in [0.25, 0.3) is 0 Å². The maximum absolute atomic E-state index is 2.75. The third-order valence-corrected chi connectivity index (χ3v) is 9.95. The summed E-state index contributed by atoms with van der Waals surface area (Å²) in [4.78, 5) is 0. The Bertz CT molecular complexity index is 427.